The maximum absolute atomic E-state index is 13.1. The fraction of sp³-hybridized carbons (Fsp3) is 0.125. The first kappa shape index (κ1) is 22.3. The fourth-order valence-electron chi connectivity index (χ4n) is 3.21. The first-order valence-corrected chi connectivity index (χ1v) is 10.4. The summed E-state index contributed by atoms with van der Waals surface area (Å²) in [5, 5.41) is 9.86. The number of nitrogens with one attached hydrogen (secondary N) is 1. The summed E-state index contributed by atoms with van der Waals surface area (Å²) in [4.78, 5) is 0. The van der Waals surface area contributed by atoms with E-state index in [9.17, 15) is 8.78 Å². The summed E-state index contributed by atoms with van der Waals surface area (Å²) in [5.74, 6) is 0.801. The molecule has 9 heteroatoms. The summed E-state index contributed by atoms with van der Waals surface area (Å²) in [6.07, 6.45) is -1.38. The van der Waals surface area contributed by atoms with Crippen LogP contribution in [-0.4, -0.2) is 28.2 Å². The molecule has 0 bridgehead atoms. The highest BCUT2D eigenvalue weighted by atomic mass is 32.1. The Morgan fingerprint density at radius 3 is 2.48 bits per heavy atom. The van der Waals surface area contributed by atoms with Crippen molar-refractivity contribution in [2.45, 2.75) is 13.0 Å². The molecule has 4 rings (SSSR count). The van der Waals surface area contributed by atoms with Crippen LogP contribution in [0.5, 0.6) is 11.5 Å². The quantitative estimate of drug-likeness (QED) is 0.255. The van der Waals surface area contributed by atoms with Crippen LogP contribution in [0.25, 0.3) is 11.1 Å². The van der Waals surface area contributed by atoms with Crippen LogP contribution < -0.4 is 9.47 Å². The van der Waals surface area contributed by atoms with Gasteiger partial charge in [0.1, 0.15) is 18.1 Å². The van der Waals surface area contributed by atoms with Crippen LogP contribution in [0.1, 0.15) is 23.4 Å². The van der Waals surface area contributed by atoms with Crippen molar-refractivity contribution >= 4 is 18.4 Å². The number of hydrogen-bond acceptors (Lipinski definition) is 5. The summed E-state index contributed by atoms with van der Waals surface area (Å²) >= 11 is 4.97. The fourth-order valence-corrected chi connectivity index (χ4v) is 3.39. The number of methoxy groups -OCH3 is 1. The van der Waals surface area contributed by atoms with Crippen LogP contribution in [0.15, 0.2) is 77.9 Å². The van der Waals surface area contributed by atoms with Crippen LogP contribution in [0.3, 0.4) is 0 Å². The number of aromatic nitrogens is 3. The Bertz CT molecular complexity index is 1300. The number of nitrogens with zero attached hydrogens (tertiary/aromatic N) is 3. The van der Waals surface area contributed by atoms with Gasteiger partial charge in [-0.2, -0.15) is 14.9 Å². The smallest absolute Gasteiger partial charge is 0.299 e. The number of aromatic amines is 1. The number of ether oxygens (including phenoxy) is 2. The number of benzene rings is 3. The first-order chi connectivity index (χ1) is 16.0. The molecule has 0 aliphatic rings. The van der Waals surface area contributed by atoms with Crippen molar-refractivity contribution in [2.75, 3.05) is 7.11 Å². The van der Waals surface area contributed by atoms with Gasteiger partial charge in [0.2, 0.25) is 10.6 Å². The minimum Gasteiger partial charge on any atom is -0.496 e. The van der Waals surface area contributed by atoms with E-state index in [2.05, 4.69) is 27.4 Å². The number of H-pyrrole nitrogens is 1. The maximum atomic E-state index is 13.1. The molecule has 0 saturated carbocycles. The SMILES string of the molecule is COc1ccc(C=Nn2c(C(F)F)n[nH]c2=S)cc1COc1ccc(-c2ccccc2)cc1. The molecule has 0 saturated heterocycles. The molecule has 3 aromatic carbocycles. The zero-order valence-corrected chi connectivity index (χ0v) is 18.4. The summed E-state index contributed by atoms with van der Waals surface area (Å²) in [5.41, 5.74) is 3.67. The Hall–Kier alpha value is -3.85. The van der Waals surface area contributed by atoms with Gasteiger partial charge in [0, 0.05) is 5.56 Å². The second-order valence-corrected chi connectivity index (χ2v) is 7.38. The third-order valence-electron chi connectivity index (χ3n) is 4.85. The van der Waals surface area contributed by atoms with Gasteiger partial charge in [0.05, 0.1) is 13.3 Å². The molecule has 0 aliphatic carbocycles. The van der Waals surface area contributed by atoms with Gasteiger partial charge in [0.25, 0.3) is 6.43 Å². The van der Waals surface area contributed by atoms with E-state index in [0.29, 0.717) is 17.1 Å². The van der Waals surface area contributed by atoms with Crippen molar-refractivity contribution < 1.29 is 18.3 Å². The molecule has 0 radical (unpaired) electrons. The summed E-state index contributed by atoms with van der Waals surface area (Å²) < 4.78 is 38.4. The molecule has 0 aliphatic heterocycles. The molecule has 33 heavy (non-hydrogen) atoms. The van der Waals surface area contributed by atoms with E-state index < -0.39 is 12.2 Å². The van der Waals surface area contributed by atoms with Crippen LogP contribution in [0, 0.1) is 4.77 Å². The molecule has 0 fully saturated rings. The zero-order chi connectivity index (χ0) is 23.2. The normalized spacial score (nSPS) is 11.3. The van der Waals surface area contributed by atoms with Crippen LogP contribution in [0.2, 0.25) is 0 Å². The molecular weight excluding hydrogens is 446 g/mol. The van der Waals surface area contributed by atoms with Crippen molar-refractivity contribution in [2.24, 2.45) is 5.10 Å². The molecular formula is C24H20F2N4O2S. The maximum Gasteiger partial charge on any atom is 0.299 e. The Balaban J connectivity index is 1.50. The molecule has 0 unspecified atom stereocenters. The topological polar surface area (TPSA) is 64.4 Å². The zero-order valence-electron chi connectivity index (χ0n) is 17.6. The van der Waals surface area contributed by atoms with Crippen molar-refractivity contribution in [3.05, 3.63) is 94.5 Å². The Labute approximate surface area is 194 Å². The lowest BCUT2D eigenvalue weighted by Crippen LogP contribution is -2.01. The van der Waals surface area contributed by atoms with Crippen molar-refractivity contribution in [3.63, 3.8) is 0 Å². The molecule has 0 amide bonds. The second-order valence-electron chi connectivity index (χ2n) is 6.99. The lowest BCUT2D eigenvalue weighted by atomic mass is 10.1. The van der Waals surface area contributed by atoms with Gasteiger partial charge in [-0.25, -0.2) is 13.9 Å². The van der Waals surface area contributed by atoms with E-state index >= 15 is 0 Å². The molecule has 0 spiro atoms. The number of halogens is 2. The van der Waals surface area contributed by atoms with Gasteiger partial charge < -0.3 is 9.47 Å². The predicted molar refractivity (Wildman–Crippen MR) is 125 cm³/mol. The van der Waals surface area contributed by atoms with E-state index in [-0.39, 0.29) is 11.4 Å². The largest absolute Gasteiger partial charge is 0.496 e. The average molecular weight is 467 g/mol. The molecule has 168 valence electrons. The Kier molecular flexibility index (Phi) is 6.89. The summed E-state index contributed by atoms with van der Waals surface area (Å²) in [7, 11) is 1.57. The van der Waals surface area contributed by atoms with Gasteiger partial charge in [-0.05, 0) is 59.2 Å². The van der Waals surface area contributed by atoms with Crippen molar-refractivity contribution in [3.8, 4) is 22.6 Å². The highest BCUT2D eigenvalue weighted by Gasteiger charge is 2.16. The van der Waals surface area contributed by atoms with Crippen molar-refractivity contribution in [1.29, 1.82) is 0 Å². The number of alkyl halides is 2. The lowest BCUT2D eigenvalue weighted by Gasteiger charge is -2.12. The van der Waals surface area contributed by atoms with Crippen LogP contribution in [-0.2, 0) is 6.61 Å². The molecule has 6 nitrogen and oxygen atoms in total. The minimum atomic E-state index is -2.80. The predicted octanol–water partition coefficient (Wildman–Crippen LogP) is 6.02. The van der Waals surface area contributed by atoms with Crippen LogP contribution >= 0.6 is 12.2 Å². The van der Waals surface area contributed by atoms with E-state index in [1.165, 1.54) is 6.21 Å². The minimum absolute atomic E-state index is 0.0161. The monoisotopic (exact) mass is 466 g/mol. The van der Waals surface area contributed by atoms with E-state index in [1.807, 2.05) is 48.5 Å². The van der Waals surface area contributed by atoms with E-state index in [1.54, 1.807) is 19.2 Å². The summed E-state index contributed by atoms with van der Waals surface area (Å²) in [6.45, 7) is 0.253. The Morgan fingerprint density at radius 1 is 1.06 bits per heavy atom. The van der Waals surface area contributed by atoms with Gasteiger partial charge in [-0.3, -0.25) is 0 Å². The van der Waals surface area contributed by atoms with E-state index in [0.717, 1.165) is 21.4 Å². The van der Waals surface area contributed by atoms with Gasteiger partial charge >= 0.3 is 0 Å². The highest BCUT2D eigenvalue weighted by Crippen LogP contribution is 2.25. The van der Waals surface area contributed by atoms with E-state index in [4.69, 9.17) is 21.7 Å². The highest BCUT2D eigenvalue weighted by molar-refractivity contribution is 7.71. The van der Waals surface area contributed by atoms with Gasteiger partial charge in [0.15, 0.2) is 0 Å². The van der Waals surface area contributed by atoms with Crippen LogP contribution in [0.4, 0.5) is 8.78 Å². The average Bonchev–Trinajstić information content (AvgIpc) is 3.23. The standard InChI is InChI=1S/C24H20F2N4O2S/c1-31-21-12-7-16(14-27-30-23(22(25)26)28-29-24(30)33)13-19(21)15-32-20-10-8-18(9-11-20)17-5-3-2-4-6-17/h2-14,22H,15H2,1H3,(H,29,33). The third-order valence-corrected chi connectivity index (χ3v) is 5.12. The molecule has 1 aromatic heterocycles. The first-order valence-electron chi connectivity index (χ1n) is 10.00. The third kappa shape index (κ3) is 5.32. The molecule has 1 N–H and O–H groups in total. The number of rotatable bonds is 8. The Morgan fingerprint density at radius 2 is 1.79 bits per heavy atom. The van der Waals surface area contributed by atoms with Gasteiger partial charge in [-0.15, -0.1) is 0 Å². The second kappa shape index (κ2) is 10.2. The van der Waals surface area contributed by atoms with Gasteiger partial charge in [-0.1, -0.05) is 42.5 Å². The van der Waals surface area contributed by atoms with Crippen molar-refractivity contribution in [1.82, 2.24) is 14.9 Å². The number of hydrogen-bond donors (Lipinski definition) is 1. The molecule has 1 heterocycles. The lowest BCUT2D eigenvalue weighted by molar-refractivity contribution is 0.136. The molecule has 4 aromatic rings. The molecule has 0 atom stereocenters. The summed E-state index contributed by atoms with van der Waals surface area (Å²) in [6, 6.07) is 23.2.